The van der Waals surface area contributed by atoms with Crippen molar-refractivity contribution < 1.29 is 105 Å². The standard InChI is InChI=1S/C24H42O21/c25-1-6(30)11(32)19(7(31)2-26)43-23-17(38)14(35)21(9(4-28)41-23)45-24-18(39)15(36)20(10(5-29)42-24)44-22-16(37)13(34)12(33)8(3-27)40-22/h1,6-24,26-39H,2-5H2. The van der Waals surface area contributed by atoms with E-state index < -0.39 is 143 Å². The van der Waals surface area contributed by atoms with E-state index in [-0.39, 0.29) is 6.29 Å². The third kappa shape index (κ3) is 8.30. The van der Waals surface area contributed by atoms with Crippen molar-refractivity contribution in [1.82, 2.24) is 0 Å². The molecule has 21 heteroatoms. The van der Waals surface area contributed by atoms with Gasteiger partial charge in [0.25, 0.3) is 0 Å². The summed E-state index contributed by atoms with van der Waals surface area (Å²) in [6.45, 7) is -3.71. The van der Waals surface area contributed by atoms with E-state index in [4.69, 9.17) is 28.4 Å². The second-order valence-corrected chi connectivity index (χ2v) is 10.8. The monoisotopic (exact) mass is 666 g/mol. The third-order valence-electron chi connectivity index (χ3n) is 7.76. The van der Waals surface area contributed by atoms with Gasteiger partial charge in [0.15, 0.2) is 25.2 Å². The van der Waals surface area contributed by atoms with Gasteiger partial charge in [-0.2, -0.15) is 0 Å². The Morgan fingerprint density at radius 1 is 0.578 bits per heavy atom. The average Bonchev–Trinajstić information content (AvgIpc) is 3.04. The molecule has 0 aromatic heterocycles. The summed E-state index contributed by atoms with van der Waals surface area (Å²) >= 11 is 0. The summed E-state index contributed by atoms with van der Waals surface area (Å²) in [6, 6.07) is 0. The Kier molecular flexibility index (Phi) is 14.3. The first-order valence-corrected chi connectivity index (χ1v) is 13.9. The van der Waals surface area contributed by atoms with E-state index >= 15 is 0 Å². The first-order chi connectivity index (χ1) is 21.2. The summed E-state index contributed by atoms with van der Waals surface area (Å²) in [5.74, 6) is 0. The van der Waals surface area contributed by atoms with E-state index in [9.17, 15) is 76.3 Å². The lowest BCUT2D eigenvalue weighted by atomic mass is 9.96. The summed E-state index contributed by atoms with van der Waals surface area (Å²) in [5, 5.41) is 141. The highest BCUT2D eigenvalue weighted by Gasteiger charge is 2.54. The Labute approximate surface area is 254 Å². The van der Waals surface area contributed by atoms with E-state index in [1.54, 1.807) is 0 Å². The van der Waals surface area contributed by atoms with Gasteiger partial charge in [-0.25, -0.2) is 0 Å². The van der Waals surface area contributed by atoms with Crippen LogP contribution in [-0.2, 0) is 33.2 Å². The zero-order valence-electron chi connectivity index (χ0n) is 23.5. The molecule has 0 radical (unpaired) electrons. The number of hydrogen-bond donors (Lipinski definition) is 14. The molecule has 3 rings (SSSR count). The van der Waals surface area contributed by atoms with Gasteiger partial charge in [0, 0.05) is 0 Å². The molecular formula is C24H42O21. The van der Waals surface area contributed by atoms with E-state index in [1.807, 2.05) is 0 Å². The lowest BCUT2D eigenvalue weighted by Gasteiger charge is -2.48. The molecule has 14 N–H and O–H groups in total. The maximum absolute atomic E-state index is 10.9. The van der Waals surface area contributed by atoms with Crippen LogP contribution >= 0.6 is 0 Å². The molecular weight excluding hydrogens is 624 g/mol. The van der Waals surface area contributed by atoms with Crippen molar-refractivity contribution in [3.05, 3.63) is 0 Å². The van der Waals surface area contributed by atoms with Crippen LogP contribution in [0.5, 0.6) is 0 Å². The molecule has 264 valence electrons. The van der Waals surface area contributed by atoms with Crippen LogP contribution in [0.15, 0.2) is 0 Å². The topological polar surface area (TPSA) is 356 Å². The van der Waals surface area contributed by atoms with Gasteiger partial charge in [0.05, 0.1) is 26.4 Å². The van der Waals surface area contributed by atoms with Crippen molar-refractivity contribution in [2.45, 2.75) is 117 Å². The zero-order chi connectivity index (χ0) is 33.7. The van der Waals surface area contributed by atoms with Gasteiger partial charge in [-0.3, -0.25) is 0 Å². The molecule has 19 atom stereocenters. The van der Waals surface area contributed by atoms with Gasteiger partial charge in [-0.05, 0) is 0 Å². The van der Waals surface area contributed by atoms with Gasteiger partial charge in [0.2, 0.25) is 0 Å². The largest absolute Gasteiger partial charge is 0.394 e. The number of carbonyl (C=O) groups is 1. The van der Waals surface area contributed by atoms with Crippen LogP contribution in [0.25, 0.3) is 0 Å². The van der Waals surface area contributed by atoms with Crippen molar-refractivity contribution in [3.63, 3.8) is 0 Å². The minimum absolute atomic E-state index is 0.0957. The quantitative estimate of drug-likeness (QED) is 0.0765. The van der Waals surface area contributed by atoms with Crippen molar-refractivity contribution in [3.8, 4) is 0 Å². The van der Waals surface area contributed by atoms with Gasteiger partial charge < -0.3 is 105 Å². The maximum Gasteiger partial charge on any atom is 0.187 e. The van der Waals surface area contributed by atoms with Crippen LogP contribution in [0.1, 0.15) is 0 Å². The van der Waals surface area contributed by atoms with Crippen LogP contribution < -0.4 is 0 Å². The summed E-state index contributed by atoms with van der Waals surface area (Å²) in [5.41, 5.74) is 0. The Balaban J connectivity index is 1.72. The molecule has 0 aromatic rings. The molecule has 3 aliphatic rings. The van der Waals surface area contributed by atoms with Crippen LogP contribution in [0.2, 0.25) is 0 Å². The van der Waals surface area contributed by atoms with E-state index in [0.717, 1.165) is 0 Å². The van der Waals surface area contributed by atoms with Gasteiger partial charge in [-0.15, -0.1) is 0 Å². The highest BCUT2D eigenvalue weighted by molar-refractivity contribution is 5.56. The highest BCUT2D eigenvalue weighted by Crippen LogP contribution is 2.33. The fourth-order valence-corrected chi connectivity index (χ4v) is 5.09. The lowest BCUT2D eigenvalue weighted by molar-refractivity contribution is -0.383. The minimum atomic E-state index is -2.14. The Hall–Kier alpha value is -1.13. The fraction of sp³-hybridized carbons (Fsp3) is 0.958. The molecule has 0 saturated carbocycles. The normalized spacial score (nSPS) is 45.4. The SMILES string of the molecule is O=CC(O)C(O)C(OC1OC(CO)C(OC2OC(CO)C(OC3OC(CO)C(O)C(O)C3O)C(O)C2O)C(O)C1O)C(O)CO. The predicted molar refractivity (Wildman–Crippen MR) is 135 cm³/mol. The molecule has 0 spiro atoms. The first-order valence-electron chi connectivity index (χ1n) is 13.9. The van der Waals surface area contributed by atoms with Gasteiger partial charge in [-0.1, -0.05) is 0 Å². The summed E-state index contributed by atoms with van der Waals surface area (Å²) < 4.78 is 32.3. The highest BCUT2D eigenvalue weighted by atomic mass is 16.8. The molecule has 0 aliphatic carbocycles. The van der Waals surface area contributed by atoms with Gasteiger partial charge in [0.1, 0.15) is 97.7 Å². The Bertz CT molecular complexity index is 895. The van der Waals surface area contributed by atoms with E-state index in [0.29, 0.717) is 0 Å². The third-order valence-corrected chi connectivity index (χ3v) is 7.76. The number of hydrogen-bond acceptors (Lipinski definition) is 21. The number of carbonyl (C=O) groups excluding carboxylic acids is 1. The zero-order valence-corrected chi connectivity index (χ0v) is 23.5. The molecule has 0 bridgehead atoms. The predicted octanol–water partition coefficient (Wildman–Crippen LogP) is -9.91. The molecule has 3 saturated heterocycles. The van der Waals surface area contributed by atoms with Crippen LogP contribution in [0, 0.1) is 0 Å². The number of aliphatic hydroxyl groups excluding tert-OH is 14. The van der Waals surface area contributed by atoms with Crippen LogP contribution in [-0.4, -0.2) is 221 Å². The number of aldehydes is 1. The molecule has 45 heavy (non-hydrogen) atoms. The van der Waals surface area contributed by atoms with Crippen molar-refractivity contribution in [1.29, 1.82) is 0 Å². The Morgan fingerprint density at radius 2 is 1.00 bits per heavy atom. The summed E-state index contributed by atoms with van der Waals surface area (Å²) in [6.07, 6.45) is -35.6. The second kappa shape index (κ2) is 16.8. The van der Waals surface area contributed by atoms with Gasteiger partial charge >= 0.3 is 0 Å². The van der Waals surface area contributed by atoms with Crippen molar-refractivity contribution in [2.24, 2.45) is 0 Å². The van der Waals surface area contributed by atoms with E-state index in [1.165, 1.54) is 0 Å². The first kappa shape index (κ1) is 38.3. The van der Waals surface area contributed by atoms with Crippen LogP contribution in [0.4, 0.5) is 0 Å². The van der Waals surface area contributed by atoms with E-state index in [2.05, 4.69) is 0 Å². The smallest absolute Gasteiger partial charge is 0.187 e. The molecule has 0 aromatic carbocycles. The molecule has 3 heterocycles. The van der Waals surface area contributed by atoms with Crippen LogP contribution in [0.3, 0.4) is 0 Å². The van der Waals surface area contributed by atoms with Crippen molar-refractivity contribution >= 4 is 6.29 Å². The molecule has 3 aliphatic heterocycles. The molecule has 0 amide bonds. The number of aliphatic hydroxyl groups is 14. The summed E-state index contributed by atoms with van der Waals surface area (Å²) in [7, 11) is 0. The summed E-state index contributed by atoms with van der Waals surface area (Å²) in [4.78, 5) is 10.9. The maximum atomic E-state index is 10.9. The lowest BCUT2D eigenvalue weighted by Crippen LogP contribution is -2.67. The molecule has 3 fully saturated rings. The average molecular weight is 667 g/mol. The number of rotatable bonds is 14. The molecule has 19 unspecified atom stereocenters. The Morgan fingerprint density at radius 3 is 1.44 bits per heavy atom. The fourth-order valence-electron chi connectivity index (χ4n) is 5.09. The molecule has 21 nitrogen and oxygen atoms in total. The number of ether oxygens (including phenoxy) is 6. The minimum Gasteiger partial charge on any atom is -0.394 e. The van der Waals surface area contributed by atoms with Crippen molar-refractivity contribution in [2.75, 3.05) is 26.4 Å². The second-order valence-electron chi connectivity index (χ2n) is 10.8.